The third-order valence-corrected chi connectivity index (χ3v) is 4.94. The van der Waals surface area contributed by atoms with Gasteiger partial charge in [0, 0.05) is 23.6 Å². The number of likely N-dealkylation sites (tertiary alicyclic amines) is 1. The van der Waals surface area contributed by atoms with E-state index in [1.165, 1.54) is 12.0 Å². The molecule has 0 spiro atoms. The zero-order valence-corrected chi connectivity index (χ0v) is 18.5. The molecule has 1 aromatic carbocycles. The molecule has 2 heterocycles. The predicted molar refractivity (Wildman–Crippen MR) is 116 cm³/mol. The van der Waals surface area contributed by atoms with Crippen LogP contribution in [0.1, 0.15) is 32.8 Å². The zero-order chi connectivity index (χ0) is 22.8. The lowest BCUT2D eigenvalue weighted by atomic mass is 10.1. The van der Waals surface area contributed by atoms with Crippen LogP contribution >= 0.6 is 0 Å². The summed E-state index contributed by atoms with van der Waals surface area (Å²) in [6.07, 6.45) is 2.57. The third kappa shape index (κ3) is 4.90. The number of esters is 1. The van der Waals surface area contributed by atoms with E-state index in [1.807, 2.05) is 18.2 Å². The fourth-order valence-corrected chi connectivity index (χ4v) is 3.54. The Morgan fingerprint density at radius 2 is 2.00 bits per heavy atom. The Kier molecular flexibility index (Phi) is 6.38. The van der Waals surface area contributed by atoms with Gasteiger partial charge in [-0.3, -0.25) is 4.90 Å². The first kappa shape index (κ1) is 22.4. The van der Waals surface area contributed by atoms with Gasteiger partial charge < -0.3 is 18.9 Å². The van der Waals surface area contributed by atoms with Crippen LogP contribution in [0.15, 0.2) is 31.0 Å². The molecule has 8 heteroatoms. The van der Waals surface area contributed by atoms with Crippen LogP contribution in [-0.2, 0) is 14.3 Å². The zero-order valence-electron chi connectivity index (χ0n) is 18.5. The minimum atomic E-state index is -0.788. The molecule has 0 saturated carbocycles. The summed E-state index contributed by atoms with van der Waals surface area (Å²) >= 11 is 0. The first-order chi connectivity index (χ1) is 14.7. The van der Waals surface area contributed by atoms with Gasteiger partial charge in [0.25, 0.3) is 0 Å². The molecule has 0 radical (unpaired) electrons. The highest BCUT2D eigenvalue weighted by Gasteiger charge is 2.43. The number of fused-ring (bicyclic) bond motifs is 1. The maximum atomic E-state index is 12.7. The van der Waals surface area contributed by atoms with Crippen LogP contribution in [-0.4, -0.2) is 60.5 Å². The van der Waals surface area contributed by atoms with Crippen molar-refractivity contribution in [2.24, 2.45) is 0 Å². The maximum absolute atomic E-state index is 12.7. The summed E-state index contributed by atoms with van der Waals surface area (Å²) < 4.78 is 21.9. The lowest BCUT2D eigenvalue weighted by molar-refractivity contribution is -0.145. The van der Waals surface area contributed by atoms with E-state index in [2.05, 4.69) is 11.6 Å². The predicted octanol–water partition coefficient (Wildman–Crippen LogP) is 3.82. The van der Waals surface area contributed by atoms with Gasteiger partial charge in [0.2, 0.25) is 5.88 Å². The van der Waals surface area contributed by atoms with Crippen LogP contribution < -0.4 is 9.47 Å². The Morgan fingerprint density at radius 1 is 1.26 bits per heavy atom. The molecular formula is C23H28N2O6. The van der Waals surface area contributed by atoms with Crippen molar-refractivity contribution in [3.05, 3.63) is 36.5 Å². The van der Waals surface area contributed by atoms with Crippen LogP contribution in [0.3, 0.4) is 0 Å². The first-order valence-electron chi connectivity index (χ1n) is 10.00. The van der Waals surface area contributed by atoms with Crippen molar-refractivity contribution in [2.45, 2.75) is 44.9 Å². The van der Waals surface area contributed by atoms with E-state index < -0.39 is 29.8 Å². The van der Waals surface area contributed by atoms with E-state index in [-0.39, 0.29) is 13.0 Å². The van der Waals surface area contributed by atoms with Crippen molar-refractivity contribution in [1.29, 1.82) is 0 Å². The number of carbonyl (C=O) groups excluding carboxylic acids is 2. The molecule has 166 valence electrons. The van der Waals surface area contributed by atoms with E-state index in [0.717, 1.165) is 16.3 Å². The quantitative estimate of drug-likeness (QED) is 0.669. The Labute approximate surface area is 181 Å². The van der Waals surface area contributed by atoms with Gasteiger partial charge in [-0.1, -0.05) is 12.7 Å². The third-order valence-electron chi connectivity index (χ3n) is 4.94. The van der Waals surface area contributed by atoms with Crippen LogP contribution in [0.25, 0.3) is 16.8 Å². The van der Waals surface area contributed by atoms with Gasteiger partial charge in [-0.25, -0.2) is 14.6 Å². The van der Waals surface area contributed by atoms with Crippen LogP contribution in [0, 0.1) is 0 Å². The number of hydrogen-bond acceptors (Lipinski definition) is 7. The molecule has 2 aromatic rings. The van der Waals surface area contributed by atoms with E-state index in [0.29, 0.717) is 11.6 Å². The summed E-state index contributed by atoms with van der Waals surface area (Å²) in [5.41, 5.74) is 0.121. The molecule has 1 amide bonds. The topological polar surface area (TPSA) is 87.2 Å². The molecule has 31 heavy (non-hydrogen) atoms. The summed E-state index contributed by atoms with van der Waals surface area (Å²) in [5.74, 6) is 0.590. The van der Waals surface area contributed by atoms with Crippen LogP contribution in [0.4, 0.5) is 4.79 Å². The second-order valence-corrected chi connectivity index (χ2v) is 8.28. The largest absolute Gasteiger partial charge is 0.496 e. The highest BCUT2D eigenvalue weighted by atomic mass is 16.6. The lowest BCUT2D eigenvalue weighted by Gasteiger charge is -2.27. The normalized spacial score (nSPS) is 18.5. The van der Waals surface area contributed by atoms with Crippen molar-refractivity contribution < 1.29 is 28.5 Å². The number of aromatic nitrogens is 1. The van der Waals surface area contributed by atoms with Crippen LogP contribution in [0.5, 0.6) is 11.6 Å². The van der Waals surface area contributed by atoms with Gasteiger partial charge in [-0.15, -0.1) is 0 Å². The second kappa shape index (κ2) is 8.83. The Bertz CT molecular complexity index is 997. The minimum Gasteiger partial charge on any atom is -0.496 e. The molecule has 1 aliphatic rings. The number of ether oxygens (including phenoxy) is 4. The number of rotatable bonds is 5. The summed E-state index contributed by atoms with van der Waals surface area (Å²) in [6.45, 7) is 9.32. The number of methoxy groups -OCH3 is 2. The first-order valence-corrected chi connectivity index (χ1v) is 10.00. The van der Waals surface area contributed by atoms with Crippen LogP contribution in [0.2, 0.25) is 0 Å². The number of amides is 1. The molecule has 2 atom stereocenters. The standard InChI is InChI=1S/C23H28N2O6/c1-7-14-10-17-15(11-19(14)28-5)8-9-24-20(17)30-16-12-18(21(26)29-6)25(13-16)22(27)31-23(2,3)4/h7-11,16,18H,1,12-13H2,2-6H3. The maximum Gasteiger partial charge on any atom is 0.411 e. The fraction of sp³-hybridized carbons (Fsp3) is 0.435. The average molecular weight is 428 g/mol. The number of pyridine rings is 1. The summed E-state index contributed by atoms with van der Waals surface area (Å²) in [4.78, 5) is 30.7. The molecule has 1 fully saturated rings. The van der Waals surface area contributed by atoms with Gasteiger partial charge in [-0.05, 0) is 44.4 Å². The SMILES string of the molecule is C=Cc1cc2c(OC3CC(C(=O)OC)N(C(=O)OC(C)(C)C)C3)nccc2cc1OC. The molecule has 2 unspecified atom stereocenters. The monoisotopic (exact) mass is 428 g/mol. The van der Waals surface area contributed by atoms with Crippen molar-refractivity contribution in [3.8, 4) is 11.6 Å². The fourth-order valence-electron chi connectivity index (χ4n) is 3.54. The summed E-state index contributed by atoms with van der Waals surface area (Å²) in [6, 6.07) is 4.85. The Balaban J connectivity index is 1.88. The number of hydrogen-bond donors (Lipinski definition) is 0. The molecule has 0 bridgehead atoms. The van der Waals surface area contributed by atoms with Gasteiger partial charge in [-0.2, -0.15) is 0 Å². The lowest BCUT2D eigenvalue weighted by Crippen LogP contribution is -2.44. The molecular weight excluding hydrogens is 400 g/mol. The number of nitrogens with zero attached hydrogens (tertiary/aromatic N) is 2. The molecule has 8 nitrogen and oxygen atoms in total. The minimum absolute atomic E-state index is 0.178. The summed E-state index contributed by atoms with van der Waals surface area (Å²) in [7, 11) is 2.89. The highest BCUT2D eigenvalue weighted by molar-refractivity contribution is 5.90. The highest BCUT2D eigenvalue weighted by Crippen LogP contribution is 2.33. The molecule has 0 N–H and O–H groups in total. The van der Waals surface area contributed by atoms with Gasteiger partial charge >= 0.3 is 12.1 Å². The molecule has 3 rings (SSSR count). The van der Waals surface area contributed by atoms with Crippen molar-refractivity contribution in [1.82, 2.24) is 9.88 Å². The Hall–Kier alpha value is -3.29. The molecule has 1 saturated heterocycles. The van der Waals surface area contributed by atoms with Crippen molar-refractivity contribution >= 4 is 28.9 Å². The van der Waals surface area contributed by atoms with E-state index in [9.17, 15) is 9.59 Å². The van der Waals surface area contributed by atoms with Gasteiger partial charge in [0.15, 0.2) is 0 Å². The average Bonchev–Trinajstić information content (AvgIpc) is 3.15. The molecule has 0 aliphatic carbocycles. The number of benzene rings is 1. The van der Waals surface area contributed by atoms with E-state index in [4.69, 9.17) is 18.9 Å². The summed E-state index contributed by atoms with van der Waals surface area (Å²) in [5, 5.41) is 1.67. The Morgan fingerprint density at radius 3 is 2.61 bits per heavy atom. The van der Waals surface area contributed by atoms with Crippen molar-refractivity contribution in [3.63, 3.8) is 0 Å². The van der Waals surface area contributed by atoms with Gasteiger partial charge in [0.1, 0.15) is 23.5 Å². The number of carbonyl (C=O) groups is 2. The second-order valence-electron chi connectivity index (χ2n) is 8.28. The van der Waals surface area contributed by atoms with E-state index >= 15 is 0 Å². The molecule has 1 aromatic heterocycles. The smallest absolute Gasteiger partial charge is 0.411 e. The molecule has 1 aliphatic heterocycles. The van der Waals surface area contributed by atoms with E-state index in [1.54, 1.807) is 40.2 Å². The van der Waals surface area contributed by atoms with Gasteiger partial charge in [0.05, 0.1) is 20.8 Å². The van der Waals surface area contributed by atoms with Crippen molar-refractivity contribution in [2.75, 3.05) is 20.8 Å².